The van der Waals surface area contributed by atoms with Crippen molar-refractivity contribution in [1.82, 2.24) is 4.31 Å². The molecular weight excluding hydrogens is 355 g/mol. The van der Waals surface area contributed by atoms with Crippen molar-refractivity contribution >= 4 is 16.0 Å². The van der Waals surface area contributed by atoms with Crippen LogP contribution < -0.4 is 9.47 Å². The predicted octanol–water partition coefficient (Wildman–Crippen LogP) is 1.30. The zero-order valence-corrected chi connectivity index (χ0v) is 12.8. The molecule has 2 heterocycles. The minimum Gasteiger partial charge on any atom is -0.481 e. The van der Waals surface area contributed by atoms with Gasteiger partial charge in [0.25, 0.3) is 0 Å². The number of hydrogen-bond acceptors (Lipinski definition) is 5. The number of sulfonamides is 1. The highest BCUT2D eigenvalue weighted by Crippen LogP contribution is 2.41. The molecule has 1 aromatic rings. The molecule has 2 atom stereocenters. The fourth-order valence-electron chi connectivity index (χ4n) is 2.73. The number of rotatable bonds is 3. The van der Waals surface area contributed by atoms with E-state index in [2.05, 4.69) is 0 Å². The van der Waals surface area contributed by atoms with E-state index in [0.717, 1.165) is 6.07 Å². The zero-order chi connectivity index (χ0) is 17.7. The molecule has 0 amide bonds. The van der Waals surface area contributed by atoms with E-state index in [-0.39, 0.29) is 17.4 Å². The highest BCUT2D eigenvalue weighted by molar-refractivity contribution is 7.89. The van der Waals surface area contributed by atoms with Gasteiger partial charge in [0.1, 0.15) is 0 Å². The van der Waals surface area contributed by atoms with Crippen LogP contribution in [0.4, 0.5) is 13.2 Å². The number of halogens is 3. The first kappa shape index (κ1) is 16.8. The molecule has 3 rings (SSSR count). The fraction of sp³-hybridized carbons (Fsp3) is 0.462. The third kappa shape index (κ3) is 2.77. The van der Waals surface area contributed by atoms with Gasteiger partial charge >= 0.3 is 12.1 Å². The Kier molecular flexibility index (Phi) is 3.87. The largest absolute Gasteiger partial charge is 0.481 e. The number of aliphatic carboxylic acids is 1. The summed E-state index contributed by atoms with van der Waals surface area (Å²) >= 11 is 0. The molecule has 2 aliphatic heterocycles. The Morgan fingerprint density at radius 1 is 1.21 bits per heavy atom. The third-order valence-corrected chi connectivity index (χ3v) is 5.83. The second kappa shape index (κ2) is 5.52. The van der Waals surface area contributed by atoms with Crippen molar-refractivity contribution in [3.8, 4) is 11.5 Å². The fourth-order valence-corrected chi connectivity index (χ4v) is 4.24. The Hall–Kier alpha value is -2.01. The van der Waals surface area contributed by atoms with Crippen LogP contribution in [0.25, 0.3) is 0 Å². The first-order valence-electron chi connectivity index (χ1n) is 6.80. The van der Waals surface area contributed by atoms with Crippen molar-refractivity contribution in [2.75, 3.05) is 19.9 Å². The van der Waals surface area contributed by atoms with Gasteiger partial charge in [-0.15, -0.1) is 0 Å². The molecule has 1 fully saturated rings. The number of alkyl halides is 3. The summed E-state index contributed by atoms with van der Waals surface area (Å²) in [5, 5.41) is 8.97. The average Bonchev–Trinajstić information content (AvgIpc) is 3.13. The summed E-state index contributed by atoms with van der Waals surface area (Å²) < 4.78 is 74.7. The monoisotopic (exact) mass is 367 g/mol. The quantitative estimate of drug-likeness (QED) is 0.866. The van der Waals surface area contributed by atoms with Gasteiger partial charge in [-0.05, 0) is 12.1 Å². The van der Waals surface area contributed by atoms with Crippen molar-refractivity contribution in [2.45, 2.75) is 11.1 Å². The van der Waals surface area contributed by atoms with E-state index in [0.29, 0.717) is 10.1 Å². The highest BCUT2D eigenvalue weighted by Gasteiger charge is 2.55. The summed E-state index contributed by atoms with van der Waals surface area (Å²) in [5.41, 5.74) is 0. The Morgan fingerprint density at radius 3 is 2.46 bits per heavy atom. The highest BCUT2D eigenvalue weighted by atomic mass is 32.2. The Morgan fingerprint density at radius 2 is 1.88 bits per heavy atom. The lowest BCUT2D eigenvalue weighted by Crippen LogP contribution is -2.34. The number of carboxylic acids is 1. The molecule has 1 saturated heterocycles. The lowest BCUT2D eigenvalue weighted by molar-refractivity contribution is -0.187. The van der Waals surface area contributed by atoms with Crippen LogP contribution in [0.3, 0.4) is 0 Å². The second-order valence-electron chi connectivity index (χ2n) is 5.43. The van der Waals surface area contributed by atoms with Gasteiger partial charge in [-0.3, -0.25) is 4.79 Å². The smallest absolute Gasteiger partial charge is 0.393 e. The molecular formula is C13H12F3NO6S. The zero-order valence-electron chi connectivity index (χ0n) is 12.0. The van der Waals surface area contributed by atoms with Gasteiger partial charge in [-0.25, -0.2) is 8.42 Å². The second-order valence-corrected chi connectivity index (χ2v) is 7.37. The molecule has 0 spiro atoms. The van der Waals surface area contributed by atoms with Gasteiger partial charge in [-0.1, -0.05) is 0 Å². The normalized spacial score (nSPS) is 24.3. The van der Waals surface area contributed by atoms with Crippen LogP contribution in [0.2, 0.25) is 0 Å². The van der Waals surface area contributed by atoms with E-state index < -0.39 is 47.1 Å². The molecule has 0 aliphatic carbocycles. The lowest BCUT2D eigenvalue weighted by atomic mass is 9.96. The van der Waals surface area contributed by atoms with Crippen molar-refractivity contribution in [2.24, 2.45) is 11.8 Å². The lowest BCUT2D eigenvalue weighted by Gasteiger charge is -2.18. The first-order valence-corrected chi connectivity index (χ1v) is 8.24. The molecule has 2 aliphatic rings. The van der Waals surface area contributed by atoms with Crippen molar-refractivity contribution in [1.29, 1.82) is 0 Å². The first-order chi connectivity index (χ1) is 11.1. The van der Waals surface area contributed by atoms with E-state index >= 15 is 0 Å². The Bertz CT molecular complexity index is 778. The minimum absolute atomic E-state index is 0.0835. The van der Waals surface area contributed by atoms with Crippen LogP contribution in [0.5, 0.6) is 11.5 Å². The third-order valence-electron chi connectivity index (χ3n) is 4.01. The van der Waals surface area contributed by atoms with Crippen LogP contribution in [0.1, 0.15) is 0 Å². The van der Waals surface area contributed by atoms with E-state index in [4.69, 9.17) is 14.6 Å². The summed E-state index contributed by atoms with van der Waals surface area (Å²) in [6.07, 6.45) is -4.80. The minimum atomic E-state index is -4.80. The summed E-state index contributed by atoms with van der Waals surface area (Å²) in [6, 6.07) is 3.66. The average molecular weight is 367 g/mol. The number of benzene rings is 1. The summed E-state index contributed by atoms with van der Waals surface area (Å²) in [6.45, 7) is -1.76. The van der Waals surface area contributed by atoms with E-state index in [9.17, 15) is 26.4 Å². The van der Waals surface area contributed by atoms with Crippen LogP contribution >= 0.6 is 0 Å². The Labute approximate surface area is 134 Å². The molecule has 11 heteroatoms. The van der Waals surface area contributed by atoms with Crippen LogP contribution in [0.15, 0.2) is 23.1 Å². The van der Waals surface area contributed by atoms with Crippen LogP contribution in [0, 0.1) is 11.8 Å². The maximum atomic E-state index is 13.0. The summed E-state index contributed by atoms with van der Waals surface area (Å²) in [5.74, 6) is -5.28. The molecule has 0 radical (unpaired) electrons. The van der Waals surface area contributed by atoms with Crippen LogP contribution in [-0.2, 0) is 14.8 Å². The molecule has 1 aromatic carbocycles. The number of ether oxygens (including phenoxy) is 2. The molecule has 7 nitrogen and oxygen atoms in total. The van der Waals surface area contributed by atoms with E-state index in [1.54, 1.807) is 0 Å². The van der Waals surface area contributed by atoms with Crippen molar-refractivity contribution in [3.63, 3.8) is 0 Å². The van der Waals surface area contributed by atoms with Gasteiger partial charge in [0.05, 0.1) is 16.7 Å². The number of carbonyl (C=O) groups is 1. The standard InChI is InChI=1S/C13H12F3NO6S/c14-13(15,16)9-5-17(4-8(9)12(18)19)24(20,21)7-1-2-10-11(3-7)23-6-22-10/h1-3,8-9H,4-6H2,(H,18,19)/t8-,9-/m1/s1. The van der Waals surface area contributed by atoms with E-state index in [1.807, 2.05) is 0 Å². The number of carboxylic acid groups (broad SMARTS) is 1. The summed E-state index contributed by atoms with van der Waals surface area (Å²) in [7, 11) is -4.29. The van der Waals surface area contributed by atoms with Gasteiger partial charge in [0, 0.05) is 19.2 Å². The van der Waals surface area contributed by atoms with Gasteiger partial charge in [-0.2, -0.15) is 17.5 Å². The maximum absolute atomic E-state index is 13.0. The predicted molar refractivity (Wildman–Crippen MR) is 72.0 cm³/mol. The molecule has 0 saturated carbocycles. The van der Waals surface area contributed by atoms with E-state index in [1.165, 1.54) is 12.1 Å². The topological polar surface area (TPSA) is 93.1 Å². The number of hydrogen-bond donors (Lipinski definition) is 1. The van der Waals surface area contributed by atoms with Gasteiger partial charge in [0.15, 0.2) is 11.5 Å². The Balaban J connectivity index is 1.92. The van der Waals surface area contributed by atoms with Gasteiger partial charge < -0.3 is 14.6 Å². The molecule has 132 valence electrons. The van der Waals surface area contributed by atoms with Crippen molar-refractivity contribution in [3.05, 3.63) is 18.2 Å². The van der Waals surface area contributed by atoms with Crippen molar-refractivity contribution < 1.29 is 41.0 Å². The SMILES string of the molecule is O=C(O)[C@@H]1CN(S(=O)(=O)c2ccc3c(c2)OCO3)C[C@H]1C(F)(F)F. The molecule has 24 heavy (non-hydrogen) atoms. The molecule has 0 aromatic heterocycles. The molecule has 1 N–H and O–H groups in total. The number of fused-ring (bicyclic) bond motifs is 1. The van der Waals surface area contributed by atoms with Crippen LogP contribution in [-0.4, -0.2) is 49.9 Å². The summed E-state index contributed by atoms with van der Waals surface area (Å²) in [4.78, 5) is 10.8. The van der Waals surface area contributed by atoms with Gasteiger partial charge in [0.2, 0.25) is 16.8 Å². The maximum Gasteiger partial charge on any atom is 0.393 e. The molecule has 0 bridgehead atoms. The molecule has 0 unspecified atom stereocenters. The number of nitrogens with zero attached hydrogens (tertiary/aromatic N) is 1.